The van der Waals surface area contributed by atoms with Gasteiger partial charge in [0.05, 0.1) is 0 Å². The molecule has 5 nitrogen and oxygen atoms in total. The Morgan fingerprint density at radius 3 is 1.89 bits per heavy atom. The van der Waals surface area contributed by atoms with E-state index < -0.39 is 13.8 Å². The Bertz CT molecular complexity index is 138. The molecule has 0 heterocycles. The van der Waals surface area contributed by atoms with Crippen LogP contribution in [0.25, 0.3) is 0 Å². The zero-order valence-electron chi connectivity index (χ0n) is 4.07. The minimum atomic E-state index is -4.57. The number of phosphoric ester groups is 1. The van der Waals surface area contributed by atoms with Crippen LogP contribution in [-0.4, -0.2) is 53.5 Å². The van der Waals surface area contributed by atoms with Gasteiger partial charge in [0.15, 0.2) is 0 Å². The van der Waals surface area contributed by atoms with Crippen LogP contribution >= 0.6 is 7.82 Å². The fourth-order valence-electron chi connectivity index (χ4n) is 0.167. The van der Waals surface area contributed by atoms with Crippen molar-refractivity contribution in [2.24, 2.45) is 0 Å². The van der Waals surface area contributed by atoms with Crippen LogP contribution in [0.5, 0.6) is 0 Å². The first-order valence-electron chi connectivity index (χ1n) is 1.67. The molecule has 0 aromatic heterocycles. The van der Waals surface area contributed by atoms with Gasteiger partial charge in [-0.25, -0.2) is 4.57 Å². The van der Waals surface area contributed by atoms with E-state index in [2.05, 4.69) is 4.52 Å². The van der Waals surface area contributed by atoms with Gasteiger partial charge in [-0.15, -0.1) is 0 Å². The van der Waals surface area contributed by atoms with Crippen molar-refractivity contribution in [3.8, 4) is 0 Å². The summed E-state index contributed by atoms with van der Waals surface area (Å²) in [5.41, 5.74) is 0. The van der Waals surface area contributed by atoms with Crippen molar-refractivity contribution in [3.05, 3.63) is 0 Å². The van der Waals surface area contributed by atoms with E-state index in [0.29, 0.717) is 0 Å². The fraction of sp³-hybridized carbons (Fsp3) is 0.500. The topological polar surface area (TPSA) is 83.8 Å². The molecular formula is C2H7CaO5P. The number of phosphoric acid groups is 1. The Morgan fingerprint density at radius 2 is 1.89 bits per heavy atom. The average Bonchev–Trinajstić information content (AvgIpc) is 1.21. The Labute approximate surface area is 81.6 Å². The molecule has 9 heavy (non-hydrogen) atoms. The minimum absolute atomic E-state index is 0. The molecule has 52 valence electrons. The van der Waals surface area contributed by atoms with E-state index in [4.69, 9.17) is 9.79 Å². The van der Waals surface area contributed by atoms with Crippen LogP contribution in [0.1, 0.15) is 6.92 Å². The molecule has 0 radical (unpaired) electrons. The van der Waals surface area contributed by atoms with Crippen molar-refractivity contribution >= 4 is 51.5 Å². The zero-order chi connectivity index (χ0) is 6.78. The van der Waals surface area contributed by atoms with Gasteiger partial charge < -0.3 is 4.52 Å². The fourth-order valence-corrected chi connectivity index (χ4v) is 0.502. The van der Waals surface area contributed by atoms with Gasteiger partial charge in [-0.1, -0.05) is 0 Å². The van der Waals surface area contributed by atoms with Crippen LogP contribution in [0, 0.1) is 0 Å². The van der Waals surface area contributed by atoms with Gasteiger partial charge in [0, 0.05) is 6.92 Å². The van der Waals surface area contributed by atoms with Gasteiger partial charge in [-0.2, -0.15) is 0 Å². The summed E-state index contributed by atoms with van der Waals surface area (Å²) in [7, 11) is -4.57. The standard InChI is InChI=1S/C2H5O5P.Ca.2H/c1-2(3)7-8(4,5)6;;;/h1H3,(H2,4,5,6);;;. The van der Waals surface area contributed by atoms with Crippen molar-refractivity contribution in [3.63, 3.8) is 0 Å². The maximum absolute atomic E-state index is 9.74. The Kier molecular flexibility index (Phi) is 6.49. The number of rotatable bonds is 1. The molecule has 0 rings (SSSR count). The van der Waals surface area contributed by atoms with E-state index in [0.717, 1.165) is 6.92 Å². The SMILES string of the molecule is CC(=O)OP(=O)(O)O.[CaH2]. The number of carbonyl (C=O) groups is 1. The molecule has 0 unspecified atom stereocenters. The Balaban J connectivity index is 0. The van der Waals surface area contributed by atoms with Crippen molar-refractivity contribution in [2.45, 2.75) is 6.92 Å². The van der Waals surface area contributed by atoms with Crippen LogP contribution in [0.3, 0.4) is 0 Å². The first-order valence-corrected chi connectivity index (χ1v) is 3.20. The van der Waals surface area contributed by atoms with E-state index in [1.54, 1.807) is 0 Å². The summed E-state index contributed by atoms with van der Waals surface area (Å²) in [5, 5.41) is 0. The molecule has 0 aromatic carbocycles. The molecule has 0 saturated carbocycles. The molecule has 0 aliphatic carbocycles. The molecule has 0 aliphatic rings. The van der Waals surface area contributed by atoms with E-state index in [9.17, 15) is 9.36 Å². The first kappa shape index (κ1) is 12.5. The second kappa shape index (κ2) is 4.66. The van der Waals surface area contributed by atoms with E-state index in [1.165, 1.54) is 0 Å². The molecule has 0 atom stereocenters. The van der Waals surface area contributed by atoms with Crippen LogP contribution in [0.15, 0.2) is 0 Å². The molecule has 0 aliphatic heterocycles. The maximum atomic E-state index is 9.74. The average molecular weight is 182 g/mol. The van der Waals surface area contributed by atoms with Crippen LogP contribution in [-0.2, 0) is 13.9 Å². The van der Waals surface area contributed by atoms with Crippen molar-refractivity contribution < 1.29 is 23.7 Å². The van der Waals surface area contributed by atoms with E-state index in [-0.39, 0.29) is 37.7 Å². The van der Waals surface area contributed by atoms with Gasteiger partial charge in [0.1, 0.15) is 0 Å². The molecule has 0 amide bonds. The Morgan fingerprint density at radius 1 is 1.56 bits per heavy atom. The summed E-state index contributed by atoms with van der Waals surface area (Å²) in [6.07, 6.45) is 0. The molecule has 2 N–H and O–H groups in total. The molecule has 0 bridgehead atoms. The third-order valence-corrected chi connectivity index (χ3v) is 0.742. The zero-order valence-corrected chi connectivity index (χ0v) is 4.96. The van der Waals surface area contributed by atoms with Gasteiger partial charge in [0.2, 0.25) is 0 Å². The van der Waals surface area contributed by atoms with Crippen LogP contribution in [0.2, 0.25) is 0 Å². The first-order chi connectivity index (χ1) is 3.42. The summed E-state index contributed by atoms with van der Waals surface area (Å²) >= 11 is 0. The number of carbonyl (C=O) groups excluding carboxylic acids is 1. The molecule has 7 heteroatoms. The molecule has 0 saturated heterocycles. The van der Waals surface area contributed by atoms with Gasteiger partial charge in [0.25, 0.3) is 0 Å². The number of hydrogen-bond acceptors (Lipinski definition) is 3. The molecular weight excluding hydrogens is 175 g/mol. The third-order valence-electron chi connectivity index (χ3n) is 0.247. The second-order valence-electron chi connectivity index (χ2n) is 1.07. The van der Waals surface area contributed by atoms with Crippen LogP contribution in [0.4, 0.5) is 0 Å². The molecule has 0 aromatic rings. The van der Waals surface area contributed by atoms with Crippen molar-refractivity contribution in [1.82, 2.24) is 0 Å². The van der Waals surface area contributed by atoms with Gasteiger partial charge in [-0.3, -0.25) is 14.6 Å². The Hall–Kier alpha value is 0.880. The molecule has 0 spiro atoms. The third kappa shape index (κ3) is 12.2. The summed E-state index contributed by atoms with van der Waals surface area (Å²) in [4.78, 5) is 25.5. The molecule has 0 fully saturated rings. The van der Waals surface area contributed by atoms with E-state index >= 15 is 0 Å². The summed E-state index contributed by atoms with van der Waals surface area (Å²) in [6.45, 7) is 0.916. The summed E-state index contributed by atoms with van der Waals surface area (Å²) in [6, 6.07) is 0. The van der Waals surface area contributed by atoms with Gasteiger partial charge >= 0.3 is 51.5 Å². The predicted octanol–water partition coefficient (Wildman–Crippen LogP) is -1.27. The van der Waals surface area contributed by atoms with Gasteiger partial charge in [-0.05, 0) is 0 Å². The normalized spacial score (nSPS) is 9.67. The summed E-state index contributed by atoms with van der Waals surface area (Å²) in [5.74, 6) is -0.988. The second-order valence-corrected chi connectivity index (χ2v) is 2.24. The quantitative estimate of drug-likeness (QED) is 0.390. The van der Waals surface area contributed by atoms with Crippen molar-refractivity contribution in [1.29, 1.82) is 0 Å². The van der Waals surface area contributed by atoms with Crippen LogP contribution < -0.4 is 0 Å². The summed E-state index contributed by atoms with van der Waals surface area (Å²) < 4.78 is 13.2. The van der Waals surface area contributed by atoms with Crippen molar-refractivity contribution in [2.75, 3.05) is 0 Å². The number of hydrogen-bond donors (Lipinski definition) is 2. The monoisotopic (exact) mass is 182 g/mol. The van der Waals surface area contributed by atoms with E-state index in [1.807, 2.05) is 0 Å². The predicted molar refractivity (Wildman–Crippen MR) is 32.4 cm³/mol.